The molecule has 0 amide bonds. The zero-order valence-corrected chi connectivity index (χ0v) is 16.3. The summed E-state index contributed by atoms with van der Waals surface area (Å²) in [5.41, 5.74) is 3.19. The SMILES string of the molecule is CCN(CC)CCn1c(N=Cc2ccc(Br)cc2)nc2ccccc21. The largest absolute Gasteiger partial charge is 0.307 e. The van der Waals surface area contributed by atoms with E-state index >= 15 is 0 Å². The molecule has 130 valence electrons. The van der Waals surface area contributed by atoms with E-state index in [-0.39, 0.29) is 0 Å². The molecule has 0 bridgehead atoms. The third kappa shape index (κ3) is 4.35. The molecule has 0 fully saturated rings. The second-order valence-corrected chi connectivity index (χ2v) is 6.80. The fraction of sp³-hybridized carbons (Fsp3) is 0.300. The summed E-state index contributed by atoms with van der Waals surface area (Å²) in [5.74, 6) is 0.760. The monoisotopic (exact) mass is 398 g/mol. The van der Waals surface area contributed by atoms with Crippen LogP contribution in [0.4, 0.5) is 5.95 Å². The summed E-state index contributed by atoms with van der Waals surface area (Å²) in [5, 5.41) is 0. The van der Waals surface area contributed by atoms with E-state index < -0.39 is 0 Å². The lowest BCUT2D eigenvalue weighted by Crippen LogP contribution is -2.26. The minimum absolute atomic E-state index is 0.760. The average Bonchev–Trinajstić information content (AvgIpc) is 3.00. The van der Waals surface area contributed by atoms with Gasteiger partial charge in [-0.3, -0.25) is 0 Å². The first-order valence-electron chi connectivity index (χ1n) is 8.68. The maximum atomic E-state index is 4.71. The number of halogens is 1. The third-order valence-electron chi connectivity index (χ3n) is 4.37. The molecule has 25 heavy (non-hydrogen) atoms. The van der Waals surface area contributed by atoms with Gasteiger partial charge in [-0.15, -0.1) is 0 Å². The number of aromatic nitrogens is 2. The van der Waals surface area contributed by atoms with Crippen LogP contribution >= 0.6 is 15.9 Å². The van der Waals surface area contributed by atoms with Gasteiger partial charge in [0.05, 0.1) is 11.0 Å². The molecule has 0 atom stereocenters. The lowest BCUT2D eigenvalue weighted by molar-refractivity contribution is 0.292. The highest BCUT2D eigenvalue weighted by Crippen LogP contribution is 2.22. The van der Waals surface area contributed by atoms with Crippen LogP contribution in [0.25, 0.3) is 11.0 Å². The summed E-state index contributed by atoms with van der Waals surface area (Å²) in [6.45, 7) is 8.38. The van der Waals surface area contributed by atoms with Crippen molar-refractivity contribution in [3.63, 3.8) is 0 Å². The number of rotatable bonds is 7. The minimum Gasteiger partial charge on any atom is -0.307 e. The lowest BCUT2D eigenvalue weighted by atomic mass is 10.2. The van der Waals surface area contributed by atoms with Gasteiger partial charge in [0.2, 0.25) is 5.95 Å². The number of aliphatic imine (C=N–C) groups is 1. The van der Waals surface area contributed by atoms with Crippen molar-refractivity contribution in [2.24, 2.45) is 4.99 Å². The molecule has 0 aliphatic rings. The van der Waals surface area contributed by atoms with Crippen LogP contribution in [-0.2, 0) is 6.54 Å². The van der Waals surface area contributed by atoms with Crippen LogP contribution in [0, 0.1) is 0 Å². The first-order chi connectivity index (χ1) is 12.2. The molecule has 0 unspecified atom stereocenters. The Kier molecular flexibility index (Phi) is 6.00. The predicted octanol–water partition coefficient (Wildman–Crippen LogP) is 4.89. The molecule has 3 rings (SSSR count). The summed E-state index contributed by atoms with van der Waals surface area (Å²) >= 11 is 3.46. The van der Waals surface area contributed by atoms with Crippen molar-refractivity contribution in [1.29, 1.82) is 0 Å². The van der Waals surface area contributed by atoms with E-state index in [4.69, 9.17) is 4.98 Å². The number of nitrogens with zero attached hydrogens (tertiary/aromatic N) is 4. The third-order valence-corrected chi connectivity index (χ3v) is 4.90. The van der Waals surface area contributed by atoms with E-state index in [1.165, 1.54) is 0 Å². The lowest BCUT2D eigenvalue weighted by Gasteiger charge is -2.18. The van der Waals surface area contributed by atoms with Gasteiger partial charge in [0.15, 0.2) is 0 Å². The van der Waals surface area contributed by atoms with Crippen LogP contribution in [0.3, 0.4) is 0 Å². The van der Waals surface area contributed by atoms with Crippen LogP contribution in [-0.4, -0.2) is 40.3 Å². The van der Waals surface area contributed by atoms with E-state index in [0.717, 1.165) is 53.2 Å². The van der Waals surface area contributed by atoms with Gasteiger partial charge in [-0.25, -0.2) is 9.98 Å². The number of benzene rings is 2. The molecule has 4 nitrogen and oxygen atoms in total. The van der Waals surface area contributed by atoms with Gasteiger partial charge < -0.3 is 9.47 Å². The van der Waals surface area contributed by atoms with Crippen molar-refractivity contribution in [2.75, 3.05) is 19.6 Å². The van der Waals surface area contributed by atoms with Crippen LogP contribution < -0.4 is 0 Å². The fourth-order valence-corrected chi connectivity index (χ4v) is 3.11. The smallest absolute Gasteiger partial charge is 0.230 e. The van der Waals surface area contributed by atoms with E-state index in [1.807, 2.05) is 42.6 Å². The van der Waals surface area contributed by atoms with E-state index in [2.05, 4.69) is 56.4 Å². The van der Waals surface area contributed by atoms with Crippen LogP contribution in [0.15, 0.2) is 58.0 Å². The number of imidazole rings is 1. The van der Waals surface area contributed by atoms with E-state index in [9.17, 15) is 0 Å². The van der Waals surface area contributed by atoms with Gasteiger partial charge in [0.1, 0.15) is 0 Å². The summed E-state index contributed by atoms with van der Waals surface area (Å²) in [4.78, 5) is 11.8. The number of fused-ring (bicyclic) bond motifs is 1. The zero-order chi connectivity index (χ0) is 17.6. The zero-order valence-electron chi connectivity index (χ0n) is 14.7. The normalized spacial score (nSPS) is 11.8. The summed E-state index contributed by atoms with van der Waals surface area (Å²) in [6, 6.07) is 16.3. The Labute approximate surface area is 157 Å². The molecule has 5 heteroatoms. The molecular weight excluding hydrogens is 376 g/mol. The van der Waals surface area contributed by atoms with Crippen LogP contribution in [0.1, 0.15) is 19.4 Å². The van der Waals surface area contributed by atoms with Crippen molar-refractivity contribution in [3.05, 3.63) is 58.6 Å². The molecule has 0 aliphatic carbocycles. The predicted molar refractivity (Wildman–Crippen MR) is 109 cm³/mol. The van der Waals surface area contributed by atoms with E-state index in [0.29, 0.717) is 0 Å². The van der Waals surface area contributed by atoms with Gasteiger partial charge in [0.25, 0.3) is 0 Å². The molecule has 0 saturated carbocycles. The average molecular weight is 399 g/mol. The second-order valence-electron chi connectivity index (χ2n) is 5.89. The van der Waals surface area contributed by atoms with Crippen molar-refractivity contribution in [1.82, 2.24) is 14.5 Å². The quantitative estimate of drug-likeness (QED) is 0.530. The highest BCUT2D eigenvalue weighted by molar-refractivity contribution is 9.10. The molecule has 0 N–H and O–H groups in total. The van der Waals surface area contributed by atoms with Gasteiger partial charge in [-0.1, -0.05) is 54.0 Å². The number of para-hydroxylation sites is 2. The molecule has 0 spiro atoms. The summed E-state index contributed by atoms with van der Waals surface area (Å²) in [7, 11) is 0. The first kappa shape index (κ1) is 17.8. The number of hydrogen-bond acceptors (Lipinski definition) is 3. The van der Waals surface area contributed by atoms with Gasteiger partial charge >= 0.3 is 0 Å². The van der Waals surface area contributed by atoms with Crippen LogP contribution in [0.5, 0.6) is 0 Å². The Morgan fingerprint density at radius 2 is 1.80 bits per heavy atom. The molecule has 3 aromatic rings. The maximum absolute atomic E-state index is 4.71. The second kappa shape index (κ2) is 8.41. The van der Waals surface area contributed by atoms with Crippen LogP contribution in [0.2, 0.25) is 0 Å². The highest BCUT2D eigenvalue weighted by Gasteiger charge is 2.10. The molecule has 0 radical (unpaired) electrons. The highest BCUT2D eigenvalue weighted by atomic mass is 79.9. The molecule has 1 aromatic heterocycles. The number of hydrogen-bond donors (Lipinski definition) is 0. The van der Waals surface area contributed by atoms with Gasteiger partial charge in [-0.05, 0) is 42.9 Å². The summed E-state index contributed by atoms with van der Waals surface area (Å²) < 4.78 is 3.28. The minimum atomic E-state index is 0.760. The van der Waals surface area contributed by atoms with Gasteiger partial charge in [0, 0.05) is 23.8 Å². The number of likely N-dealkylation sites (N-methyl/N-ethyl adjacent to an activating group) is 1. The molecule has 0 aliphatic heterocycles. The Hall–Kier alpha value is -1.98. The molecule has 1 heterocycles. The summed E-state index contributed by atoms with van der Waals surface area (Å²) in [6.07, 6.45) is 1.88. The van der Waals surface area contributed by atoms with E-state index in [1.54, 1.807) is 0 Å². The topological polar surface area (TPSA) is 33.4 Å². The molecular formula is C20H23BrN4. The van der Waals surface area contributed by atoms with Crippen molar-refractivity contribution in [2.45, 2.75) is 20.4 Å². The molecule has 0 saturated heterocycles. The van der Waals surface area contributed by atoms with Gasteiger partial charge in [-0.2, -0.15) is 0 Å². The Bertz CT molecular complexity index is 848. The molecule has 2 aromatic carbocycles. The Balaban J connectivity index is 1.90. The van der Waals surface area contributed by atoms with Crippen molar-refractivity contribution in [3.8, 4) is 0 Å². The van der Waals surface area contributed by atoms with Crippen molar-refractivity contribution < 1.29 is 0 Å². The fourth-order valence-electron chi connectivity index (χ4n) is 2.84. The van der Waals surface area contributed by atoms with Crippen molar-refractivity contribution >= 4 is 39.1 Å². The standard InChI is InChI=1S/C20H23BrN4/c1-3-24(4-2)13-14-25-19-8-6-5-7-18(19)23-20(25)22-15-16-9-11-17(21)12-10-16/h5-12,15H,3-4,13-14H2,1-2H3. The Morgan fingerprint density at radius 1 is 1.08 bits per heavy atom. The Morgan fingerprint density at radius 3 is 2.52 bits per heavy atom. The maximum Gasteiger partial charge on any atom is 0.230 e. The first-order valence-corrected chi connectivity index (χ1v) is 9.47.